The number of benzene rings is 1. The zero-order chi connectivity index (χ0) is 15.4. The van der Waals surface area contributed by atoms with Crippen LogP contribution in [0.1, 0.15) is 23.2 Å². The number of para-hydroxylation sites is 1. The first kappa shape index (κ1) is 18.2. The van der Waals surface area contributed by atoms with Gasteiger partial charge in [-0.05, 0) is 38.4 Å². The Morgan fingerprint density at radius 2 is 2.09 bits per heavy atom. The molecule has 122 valence electrons. The SMILES string of the molecule is CNCC1CCN(C(=O)c2cccc([N+](=O)[O-])c2N)CC1.Cl. The average Bonchev–Trinajstić information content (AvgIpc) is 2.47. The van der Waals surface area contributed by atoms with Crippen LogP contribution in [0.2, 0.25) is 0 Å². The van der Waals surface area contributed by atoms with Gasteiger partial charge in [0.1, 0.15) is 5.69 Å². The summed E-state index contributed by atoms with van der Waals surface area (Å²) in [6.07, 6.45) is 1.86. The van der Waals surface area contributed by atoms with Gasteiger partial charge in [-0.1, -0.05) is 6.07 Å². The molecule has 1 aromatic rings. The van der Waals surface area contributed by atoms with E-state index in [-0.39, 0.29) is 35.3 Å². The van der Waals surface area contributed by atoms with E-state index < -0.39 is 4.92 Å². The predicted octanol–water partition coefficient (Wildman–Crippen LogP) is 1.67. The van der Waals surface area contributed by atoms with Crippen LogP contribution >= 0.6 is 12.4 Å². The van der Waals surface area contributed by atoms with Gasteiger partial charge in [0, 0.05) is 19.2 Å². The Morgan fingerprint density at radius 3 is 2.64 bits per heavy atom. The molecule has 0 aromatic heterocycles. The van der Waals surface area contributed by atoms with Crippen LogP contribution in [-0.4, -0.2) is 42.4 Å². The maximum atomic E-state index is 12.5. The largest absolute Gasteiger partial charge is 0.393 e. The average molecular weight is 329 g/mol. The van der Waals surface area contributed by atoms with Gasteiger partial charge in [0.2, 0.25) is 0 Å². The number of anilines is 1. The maximum Gasteiger partial charge on any atom is 0.292 e. The highest BCUT2D eigenvalue weighted by atomic mass is 35.5. The highest BCUT2D eigenvalue weighted by Gasteiger charge is 2.26. The number of likely N-dealkylation sites (tertiary alicyclic amines) is 1. The van der Waals surface area contributed by atoms with Crippen molar-refractivity contribution < 1.29 is 9.72 Å². The van der Waals surface area contributed by atoms with E-state index in [0.29, 0.717) is 19.0 Å². The third kappa shape index (κ3) is 3.86. The number of amides is 1. The number of nitro groups is 1. The normalized spacial score (nSPS) is 15.2. The van der Waals surface area contributed by atoms with Gasteiger partial charge in [0.15, 0.2) is 0 Å². The van der Waals surface area contributed by atoms with Crippen molar-refractivity contribution in [1.82, 2.24) is 10.2 Å². The number of halogens is 1. The van der Waals surface area contributed by atoms with Crippen LogP contribution in [0.5, 0.6) is 0 Å². The summed E-state index contributed by atoms with van der Waals surface area (Å²) >= 11 is 0. The first-order valence-corrected chi connectivity index (χ1v) is 7.01. The van der Waals surface area contributed by atoms with Crippen LogP contribution in [0.4, 0.5) is 11.4 Å². The molecule has 0 unspecified atom stereocenters. The summed E-state index contributed by atoms with van der Waals surface area (Å²) in [5, 5.41) is 14.0. The predicted molar refractivity (Wildman–Crippen MR) is 87.3 cm³/mol. The summed E-state index contributed by atoms with van der Waals surface area (Å²) in [6, 6.07) is 4.35. The minimum absolute atomic E-state index is 0. The van der Waals surface area contributed by atoms with Crippen molar-refractivity contribution in [2.45, 2.75) is 12.8 Å². The second-order valence-electron chi connectivity index (χ2n) is 5.29. The lowest BCUT2D eigenvalue weighted by Gasteiger charge is -2.32. The highest BCUT2D eigenvalue weighted by molar-refractivity contribution is 6.01. The smallest absolute Gasteiger partial charge is 0.292 e. The molecule has 0 bridgehead atoms. The Kier molecular flexibility index (Phi) is 6.58. The Morgan fingerprint density at radius 1 is 1.45 bits per heavy atom. The molecule has 1 aliphatic heterocycles. The molecule has 2 rings (SSSR count). The van der Waals surface area contributed by atoms with Crippen LogP contribution in [0, 0.1) is 16.0 Å². The lowest BCUT2D eigenvalue weighted by Crippen LogP contribution is -2.40. The number of nitrogens with zero attached hydrogens (tertiary/aromatic N) is 2. The standard InChI is InChI=1S/C14H20N4O3.ClH/c1-16-9-10-5-7-17(8-6-10)14(19)11-3-2-4-12(13(11)15)18(20)21;/h2-4,10,16H,5-9,15H2,1H3;1H. The second kappa shape index (κ2) is 7.95. The van der Waals surface area contributed by atoms with E-state index >= 15 is 0 Å². The molecule has 0 aliphatic carbocycles. The number of hydrogen-bond acceptors (Lipinski definition) is 5. The number of carbonyl (C=O) groups is 1. The van der Waals surface area contributed by atoms with Gasteiger partial charge in [-0.3, -0.25) is 14.9 Å². The molecule has 1 saturated heterocycles. The molecule has 1 heterocycles. The van der Waals surface area contributed by atoms with Crippen molar-refractivity contribution in [2.24, 2.45) is 5.92 Å². The van der Waals surface area contributed by atoms with Crippen LogP contribution in [0.3, 0.4) is 0 Å². The van der Waals surface area contributed by atoms with Crippen molar-refractivity contribution in [3.8, 4) is 0 Å². The fourth-order valence-corrected chi connectivity index (χ4v) is 2.70. The molecule has 1 fully saturated rings. The van der Waals surface area contributed by atoms with E-state index in [1.807, 2.05) is 7.05 Å². The van der Waals surface area contributed by atoms with E-state index in [1.54, 1.807) is 11.0 Å². The lowest BCUT2D eigenvalue weighted by atomic mass is 9.96. The highest BCUT2D eigenvalue weighted by Crippen LogP contribution is 2.27. The maximum absolute atomic E-state index is 12.5. The molecule has 8 heteroatoms. The Balaban J connectivity index is 0.00000242. The number of rotatable bonds is 4. The topological polar surface area (TPSA) is 102 Å². The summed E-state index contributed by atoms with van der Waals surface area (Å²) in [4.78, 5) is 24.5. The lowest BCUT2D eigenvalue weighted by molar-refractivity contribution is -0.383. The summed E-state index contributed by atoms with van der Waals surface area (Å²) in [5.41, 5.74) is 5.72. The van der Waals surface area contributed by atoms with Gasteiger partial charge in [-0.25, -0.2) is 0 Å². The number of carbonyl (C=O) groups excluding carboxylic acids is 1. The summed E-state index contributed by atoms with van der Waals surface area (Å²) in [7, 11) is 1.92. The van der Waals surface area contributed by atoms with Gasteiger partial charge in [-0.15, -0.1) is 12.4 Å². The molecule has 0 saturated carbocycles. The van der Waals surface area contributed by atoms with E-state index in [2.05, 4.69) is 5.32 Å². The summed E-state index contributed by atoms with van der Waals surface area (Å²) in [6.45, 7) is 2.27. The molecule has 22 heavy (non-hydrogen) atoms. The quantitative estimate of drug-likeness (QED) is 0.497. The van der Waals surface area contributed by atoms with E-state index in [1.165, 1.54) is 12.1 Å². The third-order valence-corrected chi connectivity index (χ3v) is 3.90. The van der Waals surface area contributed by atoms with E-state index in [0.717, 1.165) is 19.4 Å². The number of nitrogens with two attached hydrogens (primary N) is 1. The summed E-state index contributed by atoms with van der Waals surface area (Å²) < 4.78 is 0. The minimum Gasteiger partial charge on any atom is -0.393 e. The molecule has 1 aromatic carbocycles. The van der Waals surface area contributed by atoms with Crippen molar-refractivity contribution >= 4 is 29.7 Å². The van der Waals surface area contributed by atoms with E-state index in [4.69, 9.17) is 5.73 Å². The van der Waals surface area contributed by atoms with Crippen LogP contribution in [-0.2, 0) is 0 Å². The number of nitrogen functional groups attached to an aromatic ring is 1. The molecule has 1 amide bonds. The van der Waals surface area contributed by atoms with Gasteiger partial charge in [0.25, 0.3) is 11.6 Å². The first-order valence-electron chi connectivity index (χ1n) is 7.01. The molecule has 1 aliphatic rings. The van der Waals surface area contributed by atoms with Crippen LogP contribution in [0.25, 0.3) is 0 Å². The monoisotopic (exact) mass is 328 g/mol. The minimum atomic E-state index is -0.564. The van der Waals surface area contributed by atoms with Gasteiger partial charge in [0.05, 0.1) is 10.5 Å². The first-order chi connectivity index (χ1) is 10.0. The molecule has 0 radical (unpaired) electrons. The van der Waals surface area contributed by atoms with Crippen molar-refractivity contribution in [3.63, 3.8) is 0 Å². The molecule has 3 N–H and O–H groups in total. The third-order valence-electron chi connectivity index (χ3n) is 3.90. The van der Waals surface area contributed by atoms with E-state index in [9.17, 15) is 14.9 Å². The van der Waals surface area contributed by atoms with Crippen molar-refractivity contribution in [2.75, 3.05) is 32.4 Å². The fraction of sp³-hybridized carbons (Fsp3) is 0.500. The molecular weight excluding hydrogens is 308 g/mol. The van der Waals surface area contributed by atoms with Crippen LogP contribution < -0.4 is 11.1 Å². The van der Waals surface area contributed by atoms with Gasteiger partial charge in [-0.2, -0.15) is 0 Å². The fourth-order valence-electron chi connectivity index (χ4n) is 2.70. The Labute approximate surface area is 135 Å². The number of nitro benzene ring substituents is 1. The number of piperidine rings is 1. The number of nitrogens with one attached hydrogen (secondary N) is 1. The van der Waals surface area contributed by atoms with Crippen molar-refractivity contribution in [1.29, 1.82) is 0 Å². The summed E-state index contributed by atoms with van der Waals surface area (Å²) in [5.74, 6) is 0.348. The second-order valence-corrected chi connectivity index (χ2v) is 5.29. The van der Waals surface area contributed by atoms with Gasteiger partial charge < -0.3 is 16.0 Å². The number of hydrogen-bond donors (Lipinski definition) is 2. The molecule has 0 spiro atoms. The Bertz CT molecular complexity index is 545. The molecular formula is C14H21ClN4O3. The zero-order valence-corrected chi connectivity index (χ0v) is 13.3. The Hall–Kier alpha value is -1.86. The molecule has 0 atom stereocenters. The molecule has 7 nitrogen and oxygen atoms in total. The van der Waals surface area contributed by atoms with Crippen molar-refractivity contribution in [3.05, 3.63) is 33.9 Å². The van der Waals surface area contributed by atoms with Crippen LogP contribution in [0.15, 0.2) is 18.2 Å². The van der Waals surface area contributed by atoms with Gasteiger partial charge >= 0.3 is 0 Å². The zero-order valence-electron chi connectivity index (χ0n) is 12.4.